The number of rotatable bonds is 6. The van der Waals surface area contributed by atoms with Crippen molar-refractivity contribution < 1.29 is 9.53 Å². The van der Waals surface area contributed by atoms with Crippen LogP contribution in [0.5, 0.6) is 0 Å². The molecule has 1 fully saturated rings. The average Bonchev–Trinajstić information content (AvgIpc) is 3.05. The van der Waals surface area contributed by atoms with E-state index in [1.807, 2.05) is 30.3 Å². The van der Waals surface area contributed by atoms with Crippen molar-refractivity contribution in [2.75, 3.05) is 20.3 Å². The van der Waals surface area contributed by atoms with E-state index in [0.29, 0.717) is 26.0 Å². The second-order valence-corrected chi connectivity index (χ2v) is 5.95. The Hall–Kier alpha value is -2.72. The van der Waals surface area contributed by atoms with Gasteiger partial charge >= 0.3 is 0 Å². The van der Waals surface area contributed by atoms with E-state index in [1.165, 1.54) is 0 Å². The van der Waals surface area contributed by atoms with Gasteiger partial charge in [-0.25, -0.2) is 4.68 Å². The molecule has 0 saturated heterocycles. The molecule has 1 amide bonds. The normalized spacial score (nSPS) is 22.4. The second-order valence-electron chi connectivity index (χ2n) is 5.95. The third-order valence-electron chi connectivity index (χ3n) is 4.42. The maximum absolute atomic E-state index is 11.9. The van der Waals surface area contributed by atoms with Gasteiger partial charge in [0.15, 0.2) is 5.69 Å². The molecule has 124 valence electrons. The van der Waals surface area contributed by atoms with Crippen LogP contribution in [0, 0.1) is 11.3 Å². The maximum Gasteiger partial charge on any atom is 0.273 e. The molecule has 1 aromatic heterocycles. The summed E-state index contributed by atoms with van der Waals surface area (Å²) in [5.74, 6) is -0.271. The van der Waals surface area contributed by atoms with Crippen molar-refractivity contribution in [1.82, 2.24) is 20.3 Å². The van der Waals surface area contributed by atoms with Crippen molar-refractivity contribution in [3.63, 3.8) is 0 Å². The third-order valence-corrected chi connectivity index (χ3v) is 4.42. The molecular formula is C17H19N5O2. The highest BCUT2D eigenvalue weighted by atomic mass is 16.5. The van der Waals surface area contributed by atoms with Gasteiger partial charge in [-0.15, -0.1) is 5.10 Å². The fraction of sp³-hybridized carbons (Fsp3) is 0.412. The predicted molar refractivity (Wildman–Crippen MR) is 86.2 cm³/mol. The Morgan fingerprint density at radius 2 is 2.21 bits per heavy atom. The number of nitriles is 1. The zero-order valence-electron chi connectivity index (χ0n) is 13.5. The summed E-state index contributed by atoms with van der Waals surface area (Å²) in [5, 5.41) is 20.3. The lowest BCUT2D eigenvalue weighted by atomic mass is 9.62. The summed E-state index contributed by atoms with van der Waals surface area (Å²) in [7, 11) is 1.58. The number of hydrogen-bond donors (Lipinski definition) is 1. The Kier molecular flexibility index (Phi) is 4.58. The maximum atomic E-state index is 11.9. The van der Waals surface area contributed by atoms with Crippen LogP contribution in [0.4, 0.5) is 0 Å². The third kappa shape index (κ3) is 3.01. The molecule has 1 saturated carbocycles. The SMILES string of the molecule is COCCNC(=O)c1cn(C2CC(C#N)(c3ccccc3)C2)nn1. The van der Waals surface area contributed by atoms with Crippen molar-refractivity contribution in [1.29, 1.82) is 5.26 Å². The van der Waals surface area contributed by atoms with E-state index in [2.05, 4.69) is 21.7 Å². The zero-order valence-corrected chi connectivity index (χ0v) is 13.5. The first-order valence-electron chi connectivity index (χ1n) is 7.84. The Morgan fingerprint density at radius 3 is 2.88 bits per heavy atom. The van der Waals surface area contributed by atoms with Crippen LogP contribution in [0.1, 0.15) is 34.9 Å². The van der Waals surface area contributed by atoms with Gasteiger partial charge in [0.2, 0.25) is 0 Å². The minimum atomic E-state index is -0.473. The number of nitrogens with zero attached hydrogens (tertiary/aromatic N) is 4. The van der Waals surface area contributed by atoms with Gasteiger partial charge in [-0.2, -0.15) is 5.26 Å². The minimum absolute atomic E-state index is 0.0814. The van der Waals surface area contributed by atoms with Gasteiger partial charge in [0, 0.05) is 13.7 Å². The van der Waals surface area contributed by atoms with Gasteiger partial charge in [0.25, 0.3) is 5.91 Å². The number of carbonyl (C=O) groups is 1. The molecule has 0 spiro atoms. The Labute approximate surface area is 140 Å². The number of methoxy groups -OCH3 is 1. The highest BCUT2D eigenvalue weighted by Gasteiger charge is 2.47. The molecule has 24 heavy (non-hydrogen) atoms. The Bertz CT molecular complexity index is 744. The van der Waals surface area contributed by atoms with E-state index >= 15 is 0 Å². The lowest BCUT2D eigenvalue weighted by Gasteiger charge is -2.42. The van der Waals surface area contributed by atoms with Crippen molar-refractivity contribution in [2.24, 2.45) is 0 Å². The van der Waals surface area contributed by atoms with Gasteiger partial charge in [-0.1, -0.05) is 35.5 Å². The topological polar surface area (TPSA) is 92.8 Å². The number of carbonyl (C=O) groups excluding carboxylic acids is 1. The van der Waals surface area contributed by atoms with Gasteiger partial charge in [-0.3, -0.25) is 4.79 Å². The molecule has 7 nitrogen and oxygen atoms in total. The van der Waals surface area contributed by atoms with Crippen LogP contribution in [0.3, 0.4) is 0 Å². The van der Waals surface area contributed by atoms with Crippen LogP contribution in [-0.4, -0.2) is 41.2 Å². The molecule has 1 aliphatic rings. The highest BCUT2D eigenvalue weighted by Crippen LogP contribution is 2.49. The zero-order chi connectivity index (χ0) is 17.0. The smallest absolute Gasteiger partial charge is 0.273 e. The van der Waals surface area contributed by atoms with E-state index in [-0.39, 0.29) is 17.6 Å². The van der Waals surface area contributed by atoms with Crippen molar-refractivity contribution in [3.8, 4) is 6.07 Å². The molecule has 0 radical (unpaired) electrons. The summed E-state index contributed by atoms with van der Waals surface area (Å²) in [6.07, 6.45) is 2.97. The summed E-state index contributed by atoms with van der Waals surface area (Å²) >= 11 is 0. The molecule has 1 aliphatic carbocycles. The number of aromatic nitrogens is 3. The molecule has 0 atom stereocenters. The van der Waals surface area contributed by atoms with Crippen molar-refractivity contribution in [3.05, 3.63) is 47.8 Å². The highest BCUT2D eigenvalue weighted by molar-refractivity contribution is 5.91. The number of benzene rings is 1. The van der Waals surface area contributed by atoms with Gasteiger partial charge in [0.05, 0.1) is 30.3 Å². The van der Waals surface area contributed by atoms with Crippen LogP contribution in [-0.2, 0) is 10.2 Å². The van der Waals surface area contributed by atoms with Gasteiger partial charge < -0.3 is 10.1 Å². The first-order valence-corrected chi connectivity index (χ1v) is 7.84. The first kappa shape index (κ1) is 16.1. The fourth-order valence-electron chi connectivity index (χ4n) is 3.00. The number of amides is 1. The quantitative estimate of drug-likeness (QED) is 0.812. The number of ether oxygens (including phenoxy) is 1. The van der Waals surface area contributed by atoms with E-state index in [4.69, 9.17) is 4.74 Å². The van der Waals surface area contributed by atoms with Crippen LogP contribution >= 0.6 is 0 Å². The first-order chi connectivity index (χ1) is 11.7. The van der Waals surface area contributed by atoms with Crippen molar-refractivity contribution in [2.45, 2.75) is 24.3 Å². The summed E-state index contributed by atoms with van der Waals surface area (Å²) in [4.78, 5) is 11.9. The van der Waals surface area contributed by atoms with Crippen molar-refractivity contribution >= 4 is 5.91 Å². The minimum Gasteiger partial charge on any atom is -0.383 e. The van der Waals surface area contributed by atoms with E-state index in [0.717, 1.165) is 5.56 Å². The van der Waals surface area contributed by atoms with Crippen LogP contribution < -0.4 is 5.32 Å². The Balaban J connectivity index is 1.64. The molecule has 7 heteroatoms. The number of hydrogen-bond acceptors (Lipinski definition) is 5. The molecular weight excluding hydrogens is 306 g/mol. The van der Waals surface area contributed by atoms with Gasteiger partial charge in [-0.05, 0) is 18.4 Å². The lowest BCUT2D eigenvalue weighted by Crippen LogP contribution is -2.41. The van der Waals surface area contributed by atoms with E-state index < -0.39 is 5.41 Å². The standard InChI is InChI=1S/C17H19N5O2/c1-24-8-7-19-16(23)15-11-22(21-20-15)14-9-17(10-14,12-18)13-5-3-2-4-6-13/h2-6,11,14H,7-10H2,1H3,(H,19,23). The molecule has 1 N–H and O–H groups in total. The lowest BCUT2D eigenvalue weighted by molar-refractivity contribution is 0.0932. The van der Waals surface area contributed by atoms with E-state index in [1.54, 1.807) is 18.0 Å². The largest absolute Gasteiger partial charge is 0.383 e. The molecule has 1 heterocycles. The number of nitrogens with one attached hydrogen (secondary N) is 1. The fourth-order valence-corrected chi connectivity index (χ4v) is 3.00. The van der Waals surface area contributed by atoms with Crippen LogP contribution in [0.2, 0.25) is 0 Å². The Morgan fingerprint density at radius 1 is 1.46 bits per heavy atom. The van der Waals surface area contributed by atoms with Crippen LogP contribution in [0.25, 0.3) is 0 Å². The summed E-state index contributed by atoms with van der Waals surface area (Å²) in [6, 6.07) is 12.3. The summed E-state index contributed by atoms with van der Waals surface area (Å²) in [6.45, 7) is 0.876. The molecule has 3 rings (SSSR count). The molecule has 1 aromatic carbocycles. The molecule has 0 bridgehead atoms. The second kappa shape index (κ2) is 6.81. The summed E-state index contributed by atoms with van der Waals surface area (Å²) in [5.41, 5.74) is 0.834. The summed E-state index contributed by atoms with van der Waals surface area (Å²) < 4.78 is 6.57. The van der Waals surface area contributed by atoms with Gasteiger partial charge in [0.1, 0.15) is 0 Å². The average molecular weight is 325 g/mol. The molecule has 2 aromatic rings. The predicted octanol–water partition coefficient (Wildman–Crippen LogP) is 1.45. The van der Waals surface area contributed by atoms with Crippen LogP contribution in [0.15, 0.2) is 36.5 Å². The van der Waals surface area contributed by atoms with E-state index in [9.17, 15) is 10.1 Å². The molecule has 0 aliphatic heterocycles. The molecule has 0 unspecified atom stereocenters. The monoisotopic (exact) mass is 325 g/mol.